The maximum atomic E-state index is 10.3. The molecule has 0 saturated heterocycles. The summed E-state index contributed by atoms with van der Waals surface area (Å²) in [7, 11) is 4.08. The average molecular weight is 287 g/mol. The Labute approximate surface area is 116 Å². The van der Waals surface area contributed by atoms with Gasteiger partial charge in [-0.05, 0) is 18.4 Å². The molecular weight excluding hydrogens is 269 g/mol. The molecule has 0 saturated carbocycles. The Morgan fingerprint density at radius 2 is 1.68 bits per heavy atom. The minimum Gasteiger partial charge on any atom is -0.496 e. The van der Waals surface area contributed by atoms with Crippen molar-refractivity contribution in [2.75, 3.05) is 20.5 Å². The van der Waals surface area contributed by atoms with Gasteiger partial charge in [-0.1, -0.05) is 0 Å². The van der Waals surface area contributed by atoms with Gasteiger partial charge < -0.3 is 24.8 Å². The number of nitrogens with two attached hydrogens (primary N) is 1. The van der Waals surface area contributed by atoms with Gasteiger partial charge >= 0.3 is 0 Å². The van der Waals surface area contributed by atoms with Crippen LogP contribution in [0.3, 0.4) is 0 Å². The van der Waals surface area contributed by atoms with Crippen LogP contribution in [-0.2, 0) is 5.50 Å². The van der Waals surface area contributed by atoms with E-state index in [1.54, 1.807) is 6.07 Å². The van der Waals surface area contributed by atoms with E-state index in [-0.39, 0.29) is 11.3 Å². The first-order valence-corrected chi connectivity index (χ1v) is 6.68. The molecule has 6 nitrogen and oxygen atoms in total. The molecular formula is C11H18BNO5S. The Kier molecular flexibility index (Phi) is 4.75. The van der Waals surface area contributed by atoms with Crippen molar-refractivity contribution in [2.24, 2.45) is 5.73 Å². The highest BCUT2D eigenvalue weighted by atomic mass is 32.2. The summed E-state index contributed by atoms with van der Waals surface area (Å²) in [6, 6.07) is 3.11. The summed E-state index contributed by atoms with van der Waals surface area (Å²) in [6.07, 6.45) is 1.86. The Balaban J connectivity index is 3.50. The smallest absolute Gasteiger partial charge is 0.246 e. The van der Waals surface area contributed by atoms with Gasteiger partial charge in [-0.3, -0.25) is 5.73 Å². The van der Waals surface area contributed by atoms with Gasteiger partial charge in [0.25, 0.3) is 0 Å². The molecule has 0 aliphatic carbocycles. The minimum absolute atomic E-state index is 0.122. The van der Waals surface area contributed by atoms with E-state index < -0.39 is 11.4 Å². The summed E-state index contributed by atoms with van der Waals surface area (Å²) in [5.41, 5.74) is 3.19. The average Bonchev–Trinajstić information content (AvgIpc) is 2.35. The van der Waals surface area contributed by atoms with Crippen LogP contribution >= 0.6 is 11.8 Å². The molecule has 1 aromatic carbocycles. The predicted octanol–water partition coefficient (Wildman–Crippen LogP) is -1.20. The van der Waals surface area contributed by atoms with Crippen molar-refractivity contribution in [1.29, 1.82) is 0 Å². The van der Waals surface area contributed by atoms with Gasteiger partial charge in [0.15, 0.2) is 7.85 Å². The fourth-order valence-corrected chi connectivity index (χ4v) is 2.18. The summed E-state index contributed by atoms with van der Waals surface area (Å²) < 4.78 is 10.4. The number of hydrogen-bond acceptors (Lipinski definition) is 7. The van der Waals surface area contributed by atoms with Crippen molar-refractivity contribution < 1.29 is 24.8 Å². The van der Waals surface area contributed by atoms with E-state index >= 15 is 0 Å². The molecule has 1 rings (SSSR count). The van der Waals surface area contributed by atoms with E-state index in [1.807, 2.05) is 6.26 Å². The van der Waals surface area contributed by atoms with Gasteiger partial charge in [-0.15, -0.1) is 11.8 Å². The fourth-order valence-electron chi connectivity index (χ4n) is 1.61. The van der Waals surface area contributed by atoms with Crippen LogP contribution in [0, 0.1) is 0 Å². The van der Waals surface area contributed by atoms with E-state index in [4.69, 9.17) is 15.2 Å². The highest BCUT2D eigenvalue weighted by molar-refractivity contribution is 7.98. The standard InChI is InChI=1S/C11H18BNO5S/c1-17-7-5-9(19-3)8(18-2)4-6(7)10(12,14)11(13,15)16/h4-5,14-16H,12-13H2,1-3H3. The zero-order chi connectivity index (χ0) is 14.8. The fraction of sp³-hybridized carbons (Fsp3) is 0.455. The summed E-state index contributed by atoms with van der Waals surface area (Å²) in [5.74, 6) is -2.05. The van der Waals surface area contributed by atoms with Crippen LogP contribution in [0.25, 0.3) is 0 Å². The first kappa shape index (κ1) is 16.1. The van der Waals surface area contributed by atoms with Crippen molar-refractivity contribution in [3.63, 3.8) is 0 Å². The van der Waals surface area contributed by atoms with Crippen LogP contribution < -0.4 is 15.2 Å². The molecule has 8 heteroatoms. The highest BCUT2D eigenvalue weighted by Crippen LogP contribution is 2.40. The van der Waals surface area contributed by atoms with Crippen LogP contribution in [-0.4, -0.2) is 49.6 Å². The predicted molar refractivity (Wildman–Crippen MR) is 75.1 cm³/mol. The Morgan fingerprint density at radius 1 is 1.16 bits per heavy atom. The monoisotopic (exact) mass is 287 g/mol. The van der Waals surface area contributed by atoms with E-state index in [0.29, 0.717) is 5.75 Å². The van der Waals surface area contributed by atoms with E-state index in [9.17, 15) is 15.3 Å². The molecule has 0 aliphatic rings. The topological polar surface area (TPSA) is 105 Å². The first-order chi connectivity index (χ1) is 8.68. The number of methoxy groups -OCH3 is 2. The van der Waals surface area contributed by atoms with E-state index in [2.05, 4.69) is 0 Å². The van der Waals surface area contributed by atoms with Gasteiger partial charge in [0.2, 0.25) is 5.91 Å². The zero-order valence-electron chi connectivity index (χ0n) is 11.3. The third kappa shape index (κ3) is 2.98. The maximum Gasteiger partial charge on any atom is 0.246 e. The van der Waals surface area contributed by atoms with E-state index in [1.165, 1.54) is 39.9 Å². The van der Waals surface area contributed by atoms with Gasteiger partial charge in [0, 0.05) is 5.56 Å². The van der Waals surface area contributed by atoms with Crippen molar-refractivity contribution >= 4 is 19.6 Å². The van der Waals surface area contributed by atoms with Crippen molar-refractivity contribution in [3.05, 3.63) is 17.7 Å². The molecule has 19 heavy (non-hydrogen) atoms. The number of aliphatic hydroxyl groups is 3. The van der Waals surface area contributed by atoms with Gasteiger partial charge in [-0.25, -0.2) is 0 Å². The van der Waals surface area contributed by atoms with Crippen LogP contribution in [0.15, 0.2) is 17.0 Å². The lowest BCUT2D eigenvalue weighted by molar-refractivity contribution is -0.244. The molecule has 0 aliphatic heterocycles. The first-order valence-electron chi connectivity index (χ1n) is 5.45. The van der Waals surface area contributed by atoms with Crippen LogP contribution in [0.4, 0.5) is 0 Å². The summed E-state index contributed by atoms with van der Waals surface area (Å²) >= 11 is 1.43. The molecule has 1 aromatic rings. The SMILES string of the molecule is BC(O)(c1cc(OC)c(SC)cc1OC)C(N)(O)O. The Morgan fingerprint density at radius 3 is 2.05 bits per heavy atom. The third-order valence-corrected chi connectivity index (χ3v) is 3.71. The molecule has 0 bridgehead atoms. The molecule has 0 radical (unpaired) electrons. The largest absolute Gasteiger partial charge is 0.496 e. The second-order valence-electron chi connectivity index (χ2n) is 4.21. The number of thioether (sulfide) groups is 1. The number of benzene rings is 1. The van der Waals surface area contributed by atoms with Crippen molar-refractivity contribution in [3.8, 4) is 11.5 Å². The molecule has 1 unspecified atom stereocenters. The van der Waals surface area contributed by atoms with Crippen molar-refractivity contribution in [1.82, 2.24) is 0 Å². The molecule has 106 valence electrons. The summed E-state index contributed by atoms with van der Waals surface area (Å²) in [6.45, 7) is 0. The van der Waals surface area contributed by atoms with Gasteiger partial charge in [-0.2, -0.15) is 0 Å². The molecule has 1 atom stereocenters. The molecule has 0 fully saturated rings. The van der Waals surface area contributed by atoms with Crippen LogP contribution in [0.1, 0.15) is 5.56 Å². The number of rotatable bonds is 5. The molecule has 0 heterocycles. The minimum atomic E-state index is -2.81. The Hall–Kier alpha value is -0.925. The Bertz CT molecular complexity index is 461. The lowest BCUT2D eigenvalue weighted by Crippen LogP contribution is -2.59. The number of ether oxygens (including phenoxy) is 2. The second kappa shape index (κ2) is 5.60. The molecule has 0 aromatic heterocycles. The highest BCUT2D eigenvalue weighted by Gasteiger charge is 2.44. The molecule has 5 N–H and O–H groups in total. The van der Waals surface area contributed by atoms with Gasteiger partial charge in [0.05, 0.1) is 19.1 Å². The van der Waals surface area contributed by atoms with Gasteiger partial charge in [0.1, 0.15) is 17.0 Å². The summed E-state index contributed by atoms with van der Waals surface area (Å²) in [5, 5.41) is 29.2. The lowest BCUT2D eigenvalue weighted by Gasteiger charge is -2.35. The third-order valence-electron chi connectivity index (χ3n) is 2.95. The normalized spacial score (nSPS) is 14.9. The second-order valence-corrected chi connectivity index (χ2v) is 5.05. The van der Waals surface area contributed by atoms with Crippen molar-refractivity contribution in [2.45, 2.75) is 16.3 Å². The maximum absolute atomic E-state index is 10.3. The van der Waals surface area contributed by atoms with Crippen LogP contribution in [0.2, 0.25) is 0 Å². The zero-order valence-corrected chi connectivity index (χ0v) is 12.1. The quantitative estimate of drug-likeness (QED) is 0.306. The number of hydrogen-bond donors (Lipinski definition) is 4. The summed E-state index contributed by atoms with van der Waals surface area (Å²) in [4.78, 5) is 0.789. The van der Waals surface area contributed by atoms with Crippen LogP contribution in [0.5, 0.6) is 11.5 Å². The van der Waals surface area contributed by atoms with E-state index in [0.717, 1.165) is 4.90 Å². The molecule has 0 amide bonds. The lowest BCUT2D eigenvalue weighted by atomic mass is 9.72. The molecule has 0 spiro atoms.